The third-order valence-corrected chi connectivity index (χ3v) is 4.46. The number of ketones is 1. The van der Waals surface area contributed by atoms with Crippen LogP contribution in [0.25, 0.3) is 0 Å². The predicted molar refractivity (Wildman–Crippen MR) is 108 cm³/mol. The highest BCUT2D eigenvalue weighted by Crippen LogP contribution is 2.32. The summed E-state index contributed by atoms with van der Waals surface area (Å²) in [5, 5.41) is 1.22. The Morgan fingerprint density at radius 1 is 0.840 bits per heavy atom. The van der Waals surface area contributed by atoms with Gasteiger partial charge in [0.15, 0.2) is 0 Å². The Bertz CT molecular complexity index is 673. The van der Waals surface area contributed by atoms with E-state index in [-0.39, 0.29) is 5.78 Å². The molecule has 0 saturated heterocycles. The van der Waals surface area contributed by atoms with Gasteiger partial charge in [0.05, 0.1) is 13.2 Å². The molecule has 0 atom stereocenters. The van der Waals surface area contributed by atoms with Crippen molar-refractivity contribution in [2.24, 2.45) is 0 Å². The largest absolute Gasteiger partial charge is 0.339 e. The van der Waals surface area contributed by atoms with Crippen LogP contribution in [0, 0.1) is 13.8 Å². The van der Waals surface area contributed by atoms with Gasteiger partial charge in [-0.15, -0.1) is 0 Å². The lowest BCUT2D eigenvalue weighted by Gasteiger charge is -2.32. The lowest BCUT2D eigenvalue weighted by Crippen LogP contribution is -2.43. The number of carbonyl (C=O) groups is 1. The van der Waals surface area contributed by atoms with E-state index in [2.05, 4.69) is 31.9 Å². The zero-order valence-electron chi connectivity index (χ0n) is 14.4. The van der Waals surface area contributed by atoms with E-state index in [4.69, 9.17) is 9.47 Å². The first-order valence-electron chi connectivity index (χ1n) is 8.12. The highest BCUT2D eigenvalue weighted by Gasteiger charge is 2.43. The van der Waals surface area contributed by atoms with Gasteiger partial charge in [-0.1, -0.05) is 91.5 Å². The van der Waals surface area contributed by atoms with Gasteiger partial charge >= 0.3 is 0 Å². The number of Topliss-reactive ketones (excluding diaryl/α,β-unsaturated/α-hetero) is 1. The van der Waals surface area contributed by atoms with Crippen LogP contribution in [-0.4, -0.2) is 29.7 Å². The fourth-order valence-corrected chi connectivity index (χ4v) is 2.83. The minimum absolute atomic E-state index is 0.196. The second kappa shape index (κ2) is 9.62. The molecule has 0 bridgehead atoms. The van der Waals surface area contributed by atoms with Crippen LogP contribution in [0.1, 0.15) is 27.0 Å². The minimum Gasteiger partial charge on any atom is -0.339 e. The average molecular weight is 470 g/mol. The van der Waals surface area contributed by atoms with Gasteiger partial charge in [-0.05, 0) is 13.8 Å². The molecule has 2 aromatic rings. The summed E-state index contributed by atoms with van der Waals surface area (Å²) in [4.78, 5) is 13.4. The maximum atomic E-state index is 13.4. The van der Waals surface area contributed by atoms with Crippen molar-refractivity contribution in [1.82, 2.24) is 0 Å². The third-order valence-electron chi connectivity index (χ3n) is 3.81. The summed E-state index contributed by atoms with van der Waals surface area (Å²) in [6.07, 6.45) is 0. The third kappa shape index (κ3) is 5.00. The number of rotatable bonds is 9. The highest BCUT2D eigenvalue weighted by atomic mass is 79.9. The van der Waals surface area contributed by atoms with Gasteiger partial charge < -0.3 is 9.47 Å². The van der Waals surface area contributed by atoms with Crippen molar-refractivity contribution in [2.75, 3.05) is 23.9 Å². The van der Waals surface area contributed by atoms with E-state index >= 15 is 0 Å². The Balaban J connectivity index is 2.52. The van der Waals surface area contributed by atoms with Gasteiger partial charge in [-0.3, -0.25) is 4.79 Å². The molecule has 5 heteroatoms. The molecule has 0 aromatic heterocycles. The van der Waals surface area contributed by atoms with Gasteiger partial charge in [0.2, 0.25) is 5.78 Å². The zero-order chi connectivity index (χ0) is 18.3. The summed E-state index contributed by atoms with van der Waals surface area (Å²) < 4.78 is 12.0. The Morgan fingerprint density at radius 3 is 1.72 bits per heavy atom. The summed E-state index contributed by atoms with van der Waals surface area (Å²) in [6, 6.07) is 15.2. The van der Waals surface area contributed by atoms with Gasteiger partial charge in [0, 0.05) is 21.8 Å². The van der Waals surface area contributed by atoms with Crippen molar-refractivity contribution in [3.05, 3.63) is 70.8 Å². The number of hydrogen-bond acceptors (Lipinski definition) is 3. The molecule has 3 nitrogen and oxygen atoms in total. The van der Waals surface area contributed by atoms with E-state index in [9.17, 15) is 4.79 Å². The molecule has 25 heavy (non-hydrogen) atoms. The molecule has 0 spiro atoms. The van der Waals surface area contributed by atoms with Crippen molar-refractivity contribution in [1.29, 1.82) is 0 Å². The summed E-state index contributed by atoms with van der Waals surface area (Å²) in [6.45, 7) is 4.71. The van der Waals surface area contributed by atoms with Crippen LogP contribution >= 0.6 is 31.9 Å². The van der Waals surface area contributed by atoms with Gasteiger partial charge in [-0.25, -0.2) is 0 Å². The lowest BCUT2D eigenvalue weighted by atomic mass is 9.94. The minimum atomic E-state index is -1.45. The molecule has 0 aliphatic carbocycles. The Morgan fingerprint density at radius 2 is 1.28 bits per heavy atom. The quantitative estimate of drug-likeness (QED) is 0.289. The lowest BCUT2D eigenvalue weighted by molar-refractivity contribution is -0.203. The second-order valence-corrected chi connectivity index (χ2v) is 7.34. The van der Waals surface area contributed by atoms with E-state index in [0.717, 1.165) is 11.1 Å². The van der Waals surface area contributed by atoms with Crippen molar-refractivity contribution < 1.29 is 14.3 Å². The molecule has 0 saturated carbocycles. The summed E-state index contributed by atoms with van der Waals surface area (Å²) in [5.74, 6) is -1.65. The van der Waals surface area contributed by atoms with E-state index in [1.165, 1.54) is 0 Å². The van der Waals surface area contributed by atoms with Crippen molar-refractivity contribution in [3.8, 4) is 0 Å². The van der Waals surface area contributed by atoms with E-state index in [1.807, 2.05) is 62.4 Å². The number of alkyl halides is 2. The number of hydrogen-bond donors (Lipinski definition) is 0. The smallest absolute Gasteiger partial charge is 0.261 e. The number of ether oxygens (including phenoxy) is 2. The first kappa shape index (κ1) is 20.3. The van der Waals surface area contributed by atoms with Crippen molar-refractivity contribution >= 4 is 37.6 Å². The van der Waals surface area contributed by atoms with Gasteiger partial charge in [0.25, 0.3) is 5.79 Å². The van der Waals surface area contributed by atoms with Gasteiger partial charge in [0.1, 0.15) is 0 Å². The zero-order valence-corrected chi connectivity index (χ0v) is 17.6. The summed E-state index contributed by atoms with van der Waals surface area (Å²) in [5.41, 5.74) is 3.47. The van der Waals surface area contributed by atoms with Crippen molar-refractivity contribution in [3.63, 3.8) is 0 Å². The molecule has 0 fully saturated rings. The monoisotopic (exact) mass is 468 g/mol. The van der Waals surface area contributed by atoms with Crippen LogP contribution in [0.2, 0.25) is 0 Å². The molecular formula is C20H22Br2O3. The van der Waals surface area contributed by atoms with Crippen LogP contribution in [0.5, 0.6) is 0 Å². The second-order valence-electron chi connectivity index (χ2n) is 5.75. The Hall–Kier alpha value is -1.01. The number of benzene rings is 2. The molecule has 0 amide bonds. The molecule has 2 rings (SSSR count). The van der Waals surface area contributed by atoms with Gasteiger partial charge in [-0.2, -0.15) is 0 Å². The molecule has 0 radical (unpaired) electrons. The van der Waals surface area contributed by atoms with Crippen LogP contribution < -0.4 is 0 Å². The fraction of sp³-hybridized carbons (Fsp3) is 0.350. The molecule has 0 aliphatic rings. The first-order chi connectivity index (χ1) is 12.0. The Labute approximate surface area is 166 Å². The molecule has 0 heterocycles. The molecular weight excluding hydrogens is 448 g/mol. The predicted octanol–water partition coefficient (Wildman–Crippen LogP) is 5.16. The Kier molecular flexibility index (Phi) is 7.81. The highest BCUT2D eigenvalue weighted by molar-refractivity contribution is 9.09. The normalized spacial score (nSPS) is 11.5. The molecule has 2 aromatic carbocycles. The number of carbonyl (C=O) groups excluding carboxylic acids is 1. The maximum Gasteiger partial charge on any atom is 0.261 e. The van der Waals surface area contributed by atoms with Crippen LogP contribution in [0.15, 0.2) is 48.5 Å². The van der Waals surface area contributed by atoms with E-state index < -0.39 is 5.79 Å². The standard InChI is InChI=1S/C20H22Br2O3/c1-15-3-7-17(8-4-15)19(23)20(24-13-11-21,25-14-12-22)18-9-5-16(2)6-10-18/h3-10H,11-14H2,1-2H3. The molecule has 0 aliphatic heterocycles. The molecule has 0 unspecified atom stereocenters. The topological polar surface area (TPSA) is 35.5 Å². The van der Waals surface area contributed by atoms with Crippen LogP contribution in [-0.2, 0) is 15.3 Å². The first-order valence-corrected chi connectivity index (χ1v) is 10.4. The SMILES string of the molecule is Cc1ccc(C(=O)C(OCCBr)(OCCBr)c2ccc(C)cc2)cc1. The maximum absolute atomic E-state index is 13.4. The fourth-order valence-electron chi connectivity index (χ4n) is 2.50. The average Bonchev–Trinajstić information content (AvgIpc) is 2.63. The van der Waals surface area contributed by atoms with E-state index in [0.29, 0.717) is 35.0 Å². The number of halogens is 2. The summed E-state index contributed by atoms with van der Waals surface area (Å²) >= 11 is 6.74. The summed E-state index contributed by atoms with van der Waals surface area (Å²) in [7, 11) is 0. The van der Waals surface area contributed by atoms with Crippen molar-refractivity contribution in [2.45, 2.75) is 19.6 Å². The molecule has 0 N–H and O–H groups in total. The van der Waals surface area contributed by atoms with Crippen LogP contribution in [0.4, 0.5) is 0 Å². The van der Waals surface area contributed by atoms with Crippen LogP contribution in [0.3, 0.4) is 0 Å². The number of aryl methyl sites for hydroxylation is 2. The molecule has 134 valence electrons. The van der Waals surface area contributed by atoms with E-state index in [1.54, 1.807) is 0 Å².